The van der Waals surface area contributed by atoms with Crippen molar-refractivity contribution in [2.75, 3.05) is 26.1 Å². The Kier molecular flexibility index (Phi) is 7.52. The van der Waals surface area contributed by atoms with Crippen molar-refractivity contribution in [1.82, 2.24) is 25.1 Å². The van der Waals surface area contributed by atoms with Gasteiger partial charge in [0.2, 0.25) is 5.95 Å². The number of rotatable bonds is 10. The second-order valence-electron chi connectivity index (χ2n) is 6.67. The summed E-state index contributed by atoms with van der Waals surface area (Å²) in [5, 5.41) is 27.8. The molecule has 0 radical (unpaired) electrons. The first-order valence-corrected chi connectivity index (χ1v) is 9.55. The molecule has 4 N–H and O–H groups in total. The highest BCUT2D eigenvalue weighted by Crippen LogP contribution is 2.24. The van der Waals surface area contributed by atoms with E-state index in [0.29, 0.717) is 11.4 Å². The van der Waals surface area contributed by atoms with Crippen molar-refractivity contribution in [3.05, 3.63) is 53.9 Å². The monoisotopic (exact) mass is 446 g/mol. The van der Waals surface area contributed by atoms with Crippen LogP contribution in [0.4, 0.5) is 16.0 Å². The molecular formula is C20H23FN6O5. The van der Waals surface area contributed by atoms with Crippen molar-refractivity contribution in [3.63, 3.8) is 0 Å². The van der Waals surface area contributed by atoms with E-state index in [9.17, 15) is 14.3 Å². The number of aliphatic hydroxyl groups excluding tert-OH is 2. The first kappa shape index (κ1) is 22.9. The van der Waals surface area contributed by atoms with Gasteiger partial charge >= 0.3 is 0 Å². The highest BCUT2D eigenvalue weighted by Gasteiger charge is 2.16. The predicted molar refractivity (Wildman–Crippen MR) is 111 cm³/mol. The third-order valence-electron chi connectivity index (χ3n) is 4.34. The number of halogens is 1. The van der Waals surface area contributed by atoms with Gasteiger partial charge in [-0.1, -0.05) is 0 Å². The van der Waals surface area contributed by atoms with Crippen LogP contribution in [0.1, 0.15) is 15.9 Å². The van der Waals surface area contributed by atoms with Gasteiger partial charge in [0.25, 0.3) is 5.91 Å². The van der Waals surface area contributed by atoms with Crippen LogP contribution in [0.3, 0.4) is 0 Å². The van der Waals surface area contributed by atoms with Crippen molar-refractivity contribution in [3.8, 4) is 11.5 Å². The van der Waals surface area contributed by atoms with Gasteiger partial charge in [-0.05, 0) is 12.1 Å². The van der Waals surface area contributed by atoms with E-state index in [1.807, 2.05) is 0 Å². The molecule has 12 heteroatoms. The first-order chi connectivity index (χ1) is 15.4. The summed E-state index contributed by atoms with van der Waals surface area (Å²) in [7, 11) is 2.79. The Hall–Kier alpha value is -3.77. The van der Waals surface area contributed by atoms with Gasteiger partial charge in [-0.15, -0.1) is 0 Å². The van der Waals surface area contributed by atoms with Gasteiger partial charge in [0.05, 0.1) is 50.6 Å². The van der Waals surface area contributed by atoms with E-state index < -0.39 is 11.9 Å². The topological polar surface area (TPSA) is 144 Å². The minimum Gasteiger partial charge on any atom is -0.494 e. The van der Waals surface area contributed by atoms with Gasteiger partial charge in [0.1, 0.15) is 6.61 Å². The Bertz CT molecular complexity index is 1060. The standard InChI is InChI=1S/C20H23FN6O5/c1-22-19(30)12-3-13(18(21)17(4-12)31-2)11-32-16-6-23-20(24-7-16)26-14-5-25-27(8-14)9-15(29)10-28/h3-8,15,28-29H,9-11H2,1-2H3,(H,22,30)(H,23,24,26). The number of benzene rings is 1. The lowest BCUT2D eigenvalue weighted by Gasteiger charge is -2.12. The van der Waals surface area contributed by atoms with Crippen molar-refractivity contribution in [1.29, 1.82) is 0 Å². The molecule has 0 spiro atoms. The van der Waals surface area contributed by atoms with Crippen molar-refractivity contribution in [2.45, 2.75) is 19.3 Å². The third kappa shape index (κ3) is 5.68. The highest BCUT2D eigenvalue weighted by atomic mass is 19.1. The molecule has 3 aromatic rings. The van der Waals surface area contributed by atoms with Gasteiger partial charge in [-0.25, -0.2) is 14.4 Å². The molecule has 0 saturated heterocycles. The number of aromatic nitrogens is 4. The van der Waals surface area contributed by atoms with Crippen LogP contribution in [0.25, 0.3) is 0 Å². The minimum absolute atomic E-state index is 0.0625. The van der Waals surface area contributed by atoms with Crippen molar-refractivity contribution in [2.24, 2.45) is 0 Å². The molecule has 0 saturated carbocycles. The fourth-order valence-electron chi connectivity index (χ4n) is 2.73. The maximum atomic E-state index is 14.5. The third-order valence-corrected chi connectivity index (χ3v) is 4.34. The number of amides is 1. The second-order valence-corrected chi connectivity index (χ2v) is 6.67. The van der Waals surface area contributed by atoms with Gasteiger partial charge in [-0.2, -0.15) is 5.10 Å². The normalized spacial score (nSPS) is 11.7. The number of carbonyl (C=O) groups excluding carboxylic acids is 1. The zero-order valence-electron chi connectivity index (χ0n) is 17.4. The molecule has 11 nitrogen and oxygen atoms in total. The number of nitrogens with zero attached hydrogens (tertiary/aromatic N) is 4. The van der Waals surface area contributed by atoms with Crippen LogP contribution < -0.4 is 20.1 Å². The quantitative estimate of drug-likeness (QED) is 0.356. The lowest BCUT2D eigenvalue weighted by Crippen LogP contribution is -2.19. The number of ether oxygens (including phenoxy) is 2. The van der Waals surface area contributed by atoms with Gasteiger partial charge in [0, 0.05) is 24.4 Å². The molecule has 1 amide bonds. The number of anilines is 2. The molecule has 0 aliphatic rings. The highest BCUT2D eigenvalue weighted by molar-refractivity contribution is 5.94. The number of methoxy groups -OCH3 is 1. The van der Waals surface area contributed by atoms with E-state index in [2.05, 4.69) is 25.7 Å². The van der Waals surface area contributed by atoms with Crippen LogP contribution in [0, 0.1) is 5.82 Å². The number of aliphatic hydroxyl groups is 2. The predicted octanol–water partition coefficient (Wildman–Crippen LogP) is 0.856. The number of hydrogen-bond donors (Lipinski definition) is 4. The summed E-state index contributed by atoms with van der Waals surface area (Å²) in [6.07, 6.45) is 5.06. The number of hydrogen-bond acceptors (Lipinski definition) is 9. The van der Waals surface area contributed by atoms with Crippen LogP contribution in [0.15, 0.2) is 36.9 Å². The Balaban J connectivity index is 1.63. The van der Waals surface area contributed by atoms with Crippen LogP contribution in [-0.2, 0) is 13.2 Å². The fraction of sp³-hybridized carbons (Fsp3) is 0.300. The summed E-state index contributed by atoms with van der Waals surface area (Å²) in [5.41, 5.74) is 0.971. The van der Waals surface area contributed by atoms with Crippen molar-refractivity contribution >= 4 is 17.5 Å². The van der Waals surface area contributed by atoms with Crippen LogP contribution in [0.5, 0.6) is 11.5 Å². The molecule has 2 heterocycles. The van der Waals surface area contributed by atoms with E-state index in [1.165, 1.54) is 49.6 Å². The second kappa shape index (κ2) is 10.5. The Labute approximate surface area is 182 Å². The molecule has 1 aromatic carbocycles. The maximum Gasteiger partial charge on any atom is 0.251 e. The lowest BCUT2D eigenvalue weighted by molar-refractivity contribution is 0.0783. The maximum absolute atomic E-state index is 14.5. The molecule has 32 heavy (non-hydrogen) atoms. The van der Waals surface area contributed by atoms with Gasteiger partial charge < -0.3 is 30.3 Å². The Morgan fingerprint density at radius 1 is 1.28 bits per heavy atom. The van der Waals surface area contributed by atoms with Crippen LogP contribution in [0.2, 0.25) is 0 Å². The largest absolute Gasteiger partial charge is 0.494 e. The summed E-state index contributed by atoms with van der Waals surface area (Å²) in [6.45, 7) is -0.378. The van der Waals surface area contributed by atoms with E-state index in [0.717, 1.165) is 0 Å². The molecule has 1 atom stereocenters. The number of carbonyl (C=O) groups is 1. The lowest BCUT2D eigenvalue weighted by atomic mass is 10.1. The van der Waals surface area contributed by atoms with Crippen LogP contribution in [-0.4, -0.2) is 62.7 Å². The molecule has 0 aliphatic heterocycles. The summed E-state index contributed by atoms with van der Waals surface area (Å²) >= 11 is 0. The average molecular weight is 446 g/mol. The Morgan fingerprint density at radius 3 is 2.69 bits per heavy atom. The molecule has 0 fully saturated rings. The van der Waals surface area contributed by atoms with E-state index in [-0.39, 0.29) is 48.5 Å². The summed E-state index contributed by atoms with van der Waals surface area (Å²) in [6, 6.07) is 2.70. The van der Waals surface area contributed by atoms with E-state index in [4.69, 9.17) is 14.6 Å². The summed E-state index contributed by atoms with van der Waals surface area (Å²) in [5.74, 6) is -0.497. The zero-order chi connectivity index (χ0) is 23.1. The van der Waals surface area contributed by atoms with Crippen molar-refractivity contribution < 1.29 is 28.9 Å². The molecule has 0 bridgehead atoms. The zero-order valence-corrected chi connectivity index (χ0v) is 17.4. The van der Waals surface area contributed by atoms with E-state index >= 15 is 0 Å². The first-order valence-electron chi connectivity index (χ1n) is 9.55. The fourth-order valence-corrected chi connectivity index (χ4v) is 2.73. The molecule has 0 aliphatic carbocycles. The van der Waals surface area contributed by atoms with E-state index in [1.54, 1.807) is 6.20 Å². The molecule has 1 unspecified atom stereocenters. The van der Waals surface area contributed by atoms with Gasteiger partial charge in [-0.3, -0.25) is 9.48 Å². The Morgan fingerprint density at radius 2 is 2.03 bits per heavy atom. The van der Waals surface area contributed by atoms with Gasteiger partial charge in [0.15, 0.2) is 17.3 Å². The average Bonchev–Trinajstić information content (AvgIpc) is 3.25. The smallest absolute Gasteiger partial charge is 0.251 e. The molecule has 2 aromatic heterocycles. The minimum atomic E-state index is -0.905. The number of nitrogens with one attached hydrogen (secondary N) is 2. The molecule has 3 rings (SSSR count). The molecular weight excluding hydrogens is 423 g/mol. The molecule has 170 valence electrons. The summed E-state index contributed by atoms with van der Waals surface area (Å²) < 4.78 is 26.5. The van der Waals surface area contributed by atoms with Crippen LogP contribution >= 0.6 is 0 Å². The summed E-state index contributed by atoms with van der Waals surface area (Å²) in [4.78, 5) is 20.2. The SMILES string of the molecule is CNC(=O)c1cc(COc2cnc(Nc3cnn(CC(O)CO)c3)nc2)c(F)c(OC)c1.